The zero-order valence-electron chi connectivity index (χ0n) is 7.08. The second kappa shape index (κ2) is 4.93. The van der Waals surface area contributed by atoms with Crippen LogP contribution in [0.5, 0.6) is 0 Å². The fourth-order valence-corrected chi connectivity index (χ4v) is 1.40. The van der Waals surface area contributed by atoms with Crippen LogP contribution in [0.3, 0.4) is 0 Å². The maximum Gasteiger partial charge on any atom is 0.338 e. The summed E-state index contributed by atoms with van der Waals surface area (Å²) in [6.07, 6.45) is 1.99. The zero-order valence-corrected chi connectivity index (χ0v) is 7.89. The summed E-state index contributed by atoms with van der Waals surface area (Å²) in [4.78, 5) is 11.2. The van der Waals surface area contributed by atoms with Gasteiger partial charge < -0.3 is 4.74 Å². The summed E-state index contributed by atoms with van der Waals surface area (Å²) in [5.74, 6) is -0.204. The van der Waals surface area contributed by atoms with E-state index in [0.717, 1.165) is 12.8 Å². The fraction of sp³-hybridized carbons (Fsp3) is 0.444. The standard InChI is InChI=1S/C9H12O2S/c1-2-3-5-11-9(10)8-4-6-12-7-8/h4,6-7H,2-3,5H2,1H3. The minimum absolute atomic E-state index is 0.204. The Morgan fingerprint density at radius 2 is 2.50 bits per heavy atom. The molecule has 0 aromatic carbocycles. The van der Waals surface area contributed by atoms with Crippen molar-refractivity contribution in [1.82, 2.24) is 0 Å². The normalized spacial score (nSPS) is 9.75. The second-order valence-electron chi connectivity index (χ2n) is 2.50. The van der Waals surface area contributed by atoms with Gasteiger partial charge in [0.25, 0.3) is 0 Å². The highest BCUT2D eigenvalue weighted by Crippen LogP contribution is 2.07. The van der Waals surface area contributed by atoms with Crippen molar-refractivity contribution in [3.05, 3.63) is 22.4 Å². The Hall–Kier alpha value is -0.830. The number of carbonyl (C=O) groups excluding carboxylic acids is 1. The number of rotatable bonds is 4. The third kappa shape index (κ3) is 2.66. The van der Waals surface area contributed by atoms with Gasteiger partial charge in [-0.1, -0.05) is 13.3 Å². The van der Waals surface area contributed by atoms with Crippen molar-refractivity contribution < 1.29 is 9.53 Å². The molecule has 0 fully saturated rings. The smallest absolute Gasteiger partial charge is 0.338 e. The molecule has 1 rings (SSSR count). The summed E-state index contributed by atoms with van der Waals surface area (Å²) < 4.78 is 4.99. The molecule has 0 radical (unpaired) electrons. The highest BCUT2D eigenvalue weighted by Gasteiger charge is 2.05. The Balaban J connectivity index is 2.30. The highest BCUT2D eigenvalue weighted by atomic mass is 32.1. The molecule has 2 nitrogen and oxygen atoms in total. The molecule has 12 heavy (non-hydrogen) atoms. The topological polar surface area (TPSA) is 26.3 Å². The number of unbranched alkanes of at least 4 members (excludes halogenated alkanes) is 1. The van der Waals surface area contributed by atoms with Crippen LogP contribution >= 0.6 is 11.3 Å². The molecular weight excluding hydrogens is 172 g/mol. The van der Waals surface area contributed by atoms with Gasteiger partial charge in [0.1, 0.15) is 0 Å². The predicted molar refractivity (Wildman–Crippen MR) is 49.5 cm³/mol. The maximum absolute atomic E-state index is 11.2. The first-order valence-electron chi connectivity index (χ1n) is 4.04. The van der Waals surface area contributed by atoms with Gasteiger partial charge in [0.2, 0.25) is 0 Å². The minimum Gasteiger partial charge on any atom is -0.462 e. The third-order valence-corrected chi connectivity index (χ3v) is 2.17. The molecule has 0 atom stereocenters. The molecule has 0 aliphatic heterocycles. The Bertz CT molecular complexity index is 229. The monoisotopic (exact) mass is 184 g/mol. The lowest BCUT2D eigenvalue weighted by Crippen LogP contribution is -2.04. The molecule has 3 heteroatoms. The van der Waals surface area contributed by atoms with Crippen LogP contribution in [-0.4, -0.2) is 12.6 Å². The first kappa shape index (κ1) is 9.26. The van der Waals surface area contributed by atoms with E-state index in [-0.39, 0.29) is 5.97 Å². The Morgan fingerprint density at radius 3 is 3.08 bits per heavy atom. The van der Waals surface area contributed by atoms with Crippen molar-refractivity contribution in [3.8, 4) is 0 Å². The summed E-state index contributed by atoms with van der Waals surface area (Å²) in [5, 5.41) is 3.67. The van der Waals surface area contributed by atoms with Crippen molar-refractivity contribution in [2.75, 3.05) is 6.61 Å². The Labute approximate surface area is 76.2 Å². The first-order valence-corrected chi connectivity index (χ1v) is 4.98. The number of carbonyl (C=O) groups is 1. The zero-order chi connectivity index (χ0) is 8.81. The van der Waals surface area contributed by atoms with E-state index in [4.69, 9.17) is 4.74 Å². The summed E-state index contributed by atoms with van der Waals surface area (Å²) >= 11 is 1.51. The molecule has 0 bridgehead atoms. The molecule has 1 aromatic rings. The molecule has 1 aromatic heterocycles. The summed E-state index contributed by atoms with van der Waals surface area (Å²) in [5.41, 5.74) is 0.663. The van der Waals surface area contributed by atoms with Crippen LogP contribution in [0.2, 0.25) is 0 Å². The molecule has 1 heterocycles. The number of ether oxygens (including phenoxy) is 1. The van der Waals surface area contributed by atoms with Crippen molar-refractivity contribution in [2.45, 2.75) is 19.8 Å². The van der Waals surface area contributed by atoms with Crippen LogP contribution in [0, 0.1) is 0 Å². The van der Waals surface area contributed by atoms with Crippen molar-refractivity contribution in [3.63, 3.8) is 0 Å². The quantitative estimate of drug-likeness (QED) is 0.531. The van der Waals surface area contributed by atoms with E-state index in [9.17, 15) is 4.79 Å². The molecule has 0 spiro atoms. The lowest BCUT2D eigenvalue weighted by molar-refractivity contribution is 0.0500. The Kier molecular flexibility index (Phi) is 3.80. The third-order valence-electron chi connectivity index (χ3n) is 1.49. The van der Waals surface area contributed by atoms with Gasteiger partial charge in [0.15, 0.2) is 0 Å². The van der Waals surface area contributed by atoms with E-state index in [1.54, 1.807) is 11.4 Å². The summed E-state index contributed by atoms with van der Waals surface area (Å²) in [6.45, 7) is 2.60. The predicted octanol–water partition coefficient (Wildman–Crippen LogP) is 2.71. The molecule has 0 unspecified atom stereocenters. The van der Waals surface area contributed by atoms with Crippen LogP contribution in [0.15, 0.2) is 16.8 Å². The largest absolute Gasteiger partial charge is 0.462 e. The van der Waals surface area contributed by atoms with Gasteiger partial charge >= 0.3 is 5.97 Å². The SMILES string of the molecule is CCCCOC(=O)c1ccsc1. The van der Waals surface area contributed by atoms with Crippen LogP contribution in [0.1, 0.15) is 30.1 Å². The van der Waals surface area contributed by atoms with Crippen molar-refractivity contribution >= 4 is 17.3 Å². The average molecular weight is 184 g/mol. The molecule has 0 amide bonds. The van der Waals surface area contributed by atoms with Crippen LogP contribution in [0.4, 0.5) is 0 Å². The number of hydrogen-bond acceptors (Lipinski definition) is 3. The van der Waals surface area contributed by atoms with Gasteiger partial charge in [0, 0.05) is 5.38 Å². The Morgan fingerprint density at radius 1 is 1.67 bits per heavy atom. The van der Waals surface area contributed by atoms with Gasteiger partial charge in [-0.3, -0.25) is 0 Å². The molecule has 0 aliphatic carbocycles. The average Bonchev–Trinajstić information content (AvgIpc) is 2.56. The van der Waals surface area contributed by atoms with Gasteiger partial charge in [-0.2, -0.15) is 11.3 Å². The highest BCUT2D eigenvalue weighted by molar-refractivity contribution is 7.08. The molecule has 66 valence electrons. The first-order chi connectivity index (χ1) is 5.84. The number of thiophene rings is 1. The molecule has 0 saturated carbocycles. The van der Waals surface area contributed by atoms with E-state index in [0.29, 0.717) is 12.2 Å². The van der Waals surface area contributed by atoms with Crippen LogP contribution in [-0.2, 0) is 4.74 Å². The number of hydrogen-bond donors (Lipinski definition) is 0. The van der Waals surface area contributed by atoms with Gasteiger partial charge in [-0.05, 0) is 17.9 Å². The van der Waals surface area contributed by atoms with Gasteiger partial charge in [-0.15, -0.1) is 0 Å². The van der Waals surface area contributed by atoms with E-state index < -0.39 is 0 Å². The maximum atomic E-state index is 11.2. The number of esters is 1. The lowest BCUT2D eigenvalue weighted by Gasteiger charge is -2.00. The summed E-state index contributed by atoms with van der Waals surface area (Å²) in [7, 11) is 0. The molecule has 0 saturated heterocycles. The fourth-order valence-electron chi connectivity index (χ4n) is 0.773. The molecule has 0 aliphatic rings. The van der Waals surface area contributed by atoms with E-state index >= 15 is 0 Å². The van der Waals surface area contributed by atoms with Crippen LogP contribution < -0.4 is 0 Å². The van der Waals surface area contributed by atoms with Crippen LogP contribution in [0.25, 0.3) is 0 Å². The second-order valence-corrected chi connectivity index (χ2v) is 3.28. The van der Waals surface area contributed by atoms with Crippen molar-refractivity contribution in [2.24, 2.45) is 0 Å². The minimum atomic E-state index is -0.204. The van der Waals surface area contributed by atoms with E-state index in [2.05, 4.69) is 6.92 Å². The molecule has 0 N–H and O–H groups in total. The van der Waals surface area contributed by atoms with E-state index in [1.807, 2.05) is 5.38 Å². The van der Waals surface area contributed by atoms with Gasteiger partial charge in [-0.25, -0.2) is 4.79 Å². The lowest BCUT2D eigenvalue weighted by atomic mass is 10.3. The van der Waals surface area contributed by atoms with E-state index in [1.165, 1.54) is 11.3 Å². The molecular formula is C9H12O2S. The van der Waals surface area contributed by atoms with Crippen molar-refractivity contribution in [1.29, 1.82) is 0 Å². The van der Waals surface area contributed by atoms with Gasteiger partial charge in [0.05, 0.1) is 12.2 Å². The summed E-state index contributed by atoms with van der Waals surface area (Å²) in [6, 6.07) is 1.78.